The van der Waals surface area contributed by atoms with E-state index < -0.39 is 10.0 Å². The molecule has 1 aromatic heterocycles. The summed E-state index contributed by atoms with van der Waals surface area (Å²) in [5.74, 6) is 0.705. The maximum atomic E-state index is 12.3. The predicted molar refractivity (Wildman–Crippen MR) is 67.3 cm³/mol. The molecule has 0 spiro atoms. The van der Waals surface area contributed by atoms with Crippen molar-refractivity contribution in [3.63, 3.8) is 0 Å². The molecule has 1 aromatic rings. The van der Waals surface area contributed by atoms with Crippen molar-refractivity contribution in [2.75, 3.05) is 13.1 Å². The summed E-state index contributed by atoms with van der Waals surface area (Å²) in [7, 11) is -3.40. The van der Waals surface area contributed by atoms with E-state index in [1.165, 1.54) is 10.5 Å². The molecule has 17 heavy (non-hydrogen) atoms. The molecule has 0 aliphatic carbocycles. The fraction of sp³-hybridized carbons (Fsp3) is 0.727. The molecule has 0 aliphatic heterocycles. The molecule has 5 nitrogen and oxygen atoms in total. The first-order valence-electron chi connectivity index (χ1n) is 6.10. The number of hydrogen-bond acceptors (Lipinski definition) is 3. The van der Waals surface area contributed by atoms with Crippen molar-refractivity contribution in [3.05, 3.63) is 12.0 Å². The third-order valence-corrected chi connectivity index (χ3v) is 4.31. The van der Waals surface area contributed by atoms with Crippen LogP contribution in [-0.2, 0) is 16.4 Å². The van der Waals surface area contributed by atoms with Crippen molar-refractivity contribution >= 4 is 10.0 Å². The Bertz CT molecular complexity index is 433. The fourth-order valence-electron chi connectivity index (χ4n) is 1.64. The van der Waals surface area contributed by atoms with Crippen LogP contribution in [0, 0.1) is 0 Å². The van der Waals surface area contributed by atoms with Crippen LogP contribution < -0.4 is 0 Å². The molecule has 98 valence electrons. The smallest absolute Gasteiger partial charge is 0.260 e. The second-order valence-corrected chi connectivity index (χ2v) is 5.86. The van der Waals surface area contributed by atoms with Gasteiger partial charge in [-0.15, -0.1) is 0 Å². The largest absolute Gasteiger partial charge is 0.332 e. The minimum absolute atomic E-state index is 0.205. The van der Waals surface area contributed by atoms with Gasteiger partial charge in [0, 0.05) is 19.5 Å². The lowest BCUT2D eigenvalue weighted by molar-refractivity contribution is 0.408. The van der Waals surface area contributed by atoms with E-state index in [9.17, 15) is 8.42 Å². The molecule has 6 heteroatoms. The monoisotopic (exact) mass is 259 g/mol. The lowest BCUT2D eigenvalue weighted by Gasteiger charge is -2.19. The summed E-state index contributed by atoms with van der Waals surface area (Å²) in [6.07, 6.45) is 3.74. The van der Waals surface area contributed by atoms with Crippen LogP contribution in [0.2, 0.25) is 0 Å². The van der Waals surface area contributed by atoms with E-state index in [2.05, 4.69) is 9.97 Å². The number of aromatic amines is 1. The Labute approximate surface area is 103 Å². The molecule has 0 saturated carbocycles. The number of aryl methyl sites for hydroxylation is 1. The van der Waals surface area contributed by atoms with E-state index in [1.54, 1.807) is 0 Å². The first-order valence-corrected chi connectivity index (χ1v) is 7.54. The standard InChI is InChI=1S/C11H21N3O2S/c1-4-7-14(8-5-2)17(15,16)11-9-12-10(6-3)13-11/h9H,4-8H2,1-3H3,(H,12,13). The average molecular weight is 259 g/mol. The highest BCUT2D eigenvalue weighted by Crippen LogP contribution is 2.14. The summed E-state index contributed by atoms with van der Waals surface area (Å²) in [5.41, 5.74) is 0. The van der Waals surface area contributed by atoms with E-state index in [4.69, 9.17) is 0 Å². The van der Waals surface area contributed by atoms with Gasteiger partial charge in [0.1, 0.15) is 5.82 Å². The summed E-state index contributed by atoms with van der Waals surface area (Å²) in [6, 6.07) is 0. The van der Waals surface area contributed by atoms with E-state index in [1.807, 2.05) is 20.8 Å². The van der Waals surface area contributed by atoms with Crippen LogP contribution in [0.15, 0.2) is 11.2 Å². The number of nitrogens with one attached hydrogen (secondary N) is 1. The Morgan fingerprint density at radius 1 is 1.24 bits per heavy atom. The Kier molecular flexibility index (Phi) is 5.14. The van der Waals surface area contributed by atoms with Gasteiger partial charge in [-0.3, -0.25) is 0 Å². The molecule has 0 bridgehead atoms. The number of aromatic nitrogens is 2. The highest BCUT2D eigenvalue weighted by atomic mass is 32.2. The molecular weight excluding hydrogens is 238 g/mol. The summed E-state index contributed by atoms with van der Waals surface area (Å²) < 4.78 is 26.1. The fourth-order valence-corrected chi connectivity index (χ4v) is 3.20. The number of rotatable bonds is 7. The van der Waals surface area contributed by atoms with Gasteiger partial charge >= 0.3 is 0 Å². The van der Waals surface area contributed by atoms with Crippen LogP contribution in [0.3, 0.4) is 0 Å². The van der Waals surface area contributed by atoms with Crippen LogP contribution in [-0.4, -0.2) is 35.8 Å². The van der Waals surface area contributed by atoms with Gasteiger partial charge in [-0.2, -0.15) is 4.31 Å². The predicted octanol–water partition coefficient (Wildman–Crippen LogP) is 1.78. The second kappa shape index (κ2) is 6.16. The van der Waals surface area contributed by atoms with Gasteiger partial charge < -0.3 is 4.98 Å². The Morgan fingerprint density at radius 2 is 1.82 bits per heavy atom. The van der Waals surface area contributed by atoms with E-state index in [0.29, 0.717) is 25.3 Å². The molecule has 1 N–H and O–H groups in total. The van der Waals surface area contributed by atoms with Crippen molar-refractivity contribution in [1.82, 2.24) is 14.3 Å². The zero-order valence-corrected chi connectivity index (χ0v) is 11.5. The van der Waals surface area contributed by atoms with Crippen LogP contribution >= 0.6 is 0 Å². The van der Waals surface area contributed by atoms with Crippen LogP contribution in [0.25, 0.3) is 0 Å². The second-order valence-electron chi connectivity index (χ2n) is 3.95. The highest BCUT2D eigenvalue weighted by Gasteiger charge is 2.24. The molecule has 0 atom stereocenters. The van der Waals surface area contributed by atoms with Crippen LogP contribution in [0.1, 0.15) is 39.4 Å². The van der Waals surface area contributed by atoms with Crippen molar-refractivity contribution in [2.24, 2.45) is 0 Å². The van der Waals surface area contributed by atoms with Crippen LogP contribution in [0.5, 0.6) is 0 Å². The first kappa shape index (κ1) is 14.2. The van der Waals surface area contributed by atoms with E-state index in [-0.39, 0.29) is 5.03 Å². The zero-order valence-electron chi connectivity index (χ0n) is 10.7. The first-order chi connectivity index (χ1) is 8.06. The van der Waals surface area contributed by atoms with Crippen molar-refractivity contribution in [3.8, 4) is 0 Å². The summed E-state index contributed by atoms with van der Waals surface area (Å²) >= 11 is 0. The third-order valence-electron chi connectivity index (χ3n) is 2.50. The zero-order chi connectivity index (χ0) is 12.9. The molecule has 1 rings (SSSR count). The Morgan fingerprint density at radius 3 is 2.24 bits per heavy atom. The number of H-pyrrole nitrogens is 1. The number of sulfonamides is 1. The minimum atomic E-state index is -3.40. The maximum Gasteiger partial charge on any atom is 0.260 e. The molecule has 0 fully saturated rings. The van der Waals surface area contributed by atoms with Crippen molar-refractivity contribution in [1.29, 1.82) is 0 Å². The summed E-state index contributed by atoms with van der Waals surface area (Å²) in [4.78, 5) is 6.90. The quantitative estimate of drug-likeness (QED) is 0.811. The average Bonchev–Trinajstić information content (AvgIpc) is 2.78. The van der Waals surface area contributed by atoms with Gasteiger partial charge in [-0.25, -0.2) is 13.4 Å². The highest BCUT2D eigenvalue weighted by molar-refractivity contribution is 7.89. The minimum Gasteiger partial charge on any atom is -0.332 e. The molecule has 0 saturated heterocycles. The number of hydrogen-bond donors (Lipinski definition) is 1. The van der Waals surface area contributed by atoms with E-state index in [0.717, 1.165) is 12.8 Å². The lowest BCUT2D eigenvalue weighted by atomic mass is 10.4. The summed E-state index contributed by atoms with van der Waals surface area (Å²) in [6.45, 7) is 6.99. The third kappa shape index (κ3) is 3.29. The Hall–Kier alpha value is -0.880. The molecule has 0 aliphatic rings. The Balaban J connectivity index is 2.98. The normalized spacial score (nSPS) is 12.2. The topological polar surface area (TPSA) is 66.1 Å². The van der Waals surface area contributed by atoms with Crippen LogP contribution in [0.4, 0.5) is 0 Å². The molecule has 0 aromatic carbocycles. The van der Waals surface area contributed by atoms with E-state index >= 15 is 0 Å². The van der Waals surface area contributed by atoms with Gasteiger partial charge in [0.2, 0.25) is 0 Å². The molecule has 0 amide bonds. The van der Waals surface area contributed by atoms with Gasteiger partial charge in [0.05, 0.1) is 6.20 Å². The molecule has 0 unspecified atom stereocenters. The van der Waals surface area contributed by atoms with Gasteiger partial charge in [0.15, 0.2) is 5.03 Å². The summed E-state index contributed by atoms with van der Waals surface area (Å²) in [5, 5.41) is 0.205. The molecular formula is C11H21N3O2S. The van der Waals surface area contributed by atoms with Gasteiger partial charge in [0.25, 0.3) is 10.0 Å². The number of nitrogens with zero attached hydrogens (tertiary/aromatic N) is 2. The molecule has 1 heterocycles. The van der Waals surface area contributed by atoms with Gasteiger partial charge in [-0.05, 0) is 12.8 Å². The lowest BCUT2D eigenvalue weighted by Crippen LogP contribution is -2.32. The number of imidazole rings is 1. The molecule has 0 radical (unpaired) electrons. The SMILES string of the molecule is CCCN(CCC)S(=O)(=O)c1cnc(CC)[nH]1. The maximum absolute atomic E-state index is 12.3. The van der Waals surface area contributed by atoms with Crippen molar-refractivity contribution < 1.29 is 8.42 Å². The van der Waals surface area contributed by atoms with Crippen molar-refractivity contribution in [2.45, 2.75) is 45.1 Å². The van der Waals surface area contributed by atoms with Gasteiger partial charge in [-0.1, -0.05) is 20.8 Å².